The summed E-state index contributed by atoms with van der Waals surface area (Å²) in [6.07, 6.45) is 6.35. The third kappa shape index (κ3) is 2.87. The highest BCUT2D eigenvalue weighted by Crippen LogP contribution is 2.31. The molecule has 0 unspecified atom stereocenters. The lowest BCUT2D eigenvalue weighted by Crippen LogP contribution is -1.92. The summed E-state index contributed by atoms with van der Waals surface area (Å²) >= 11 is 0. The largest absolute Gasteiger partial charge is 0.399 e. The number of benzene rings is 3. The Morgan fingerprint density at radius 2 is 1.62 bits per heavy atom. The molecule has 0 spiro atoms. The van der Waals surface area contributed by atoms with Crippen LogP contribution in [0.15, 0.2) is 48.5 Å². The average molecular weight is 277 g/mol. The van der Waals surface area contributed by atoms with Crippen LogP contribution in [0.25, 0.3) is 21.5 Å². The van der Waals surface area contributed by atoms with Crippen LogP contribution in [0.2, 0.25) is 0 Å². The zero-order valence-electron chi connectivity index (χ0n) is 12.7. The van der Waals surface area contributed by atoms with Gasteiger partial charge in [-0.3, -0.25) is 0 Å². The molecule has 0 aromatic heterocycles. The van der Waals surface area contributed by atoms with Crippen molar-refractivity contribution in [2.75, 3.05) is 5.73 Å². The normalized spacial score (nSPS) is 11.3. The van der Waals surface area contributed by atoms with Crippen molar-refractivity contribution in [3.05, 3.63) is 54.1 Å². The molecular formula is C20H23N. The maximum atomic E-state index is 5.96. The van der Waals surface area contributed by atoms with Crippen LogP contribution < -0.4 is 5.73 Å². The Bertz CT molecular complexity index is 758. The SMILES string of the molecule is CCCCCCc1c2ccccc2cc2cc(N)ccc12. The van der Waals surface area contributed by atoms with Gasteiger partial charge in [-0.15, -0.1) is 0 Å². The molecule has 1 heteroatoms. The zero-order valence-corrected chi connectivity index (χ0v) is 12.7. The lowest BCUT2D eigenvalue weighted by atomic mass is 9.93. The Labute approximate surface area is 126 Å². The molecule has 0 aliphatic rings. The summed E-state index contributed by atoms with van der Waals surface area (Å²) < 4.78 is 0. The first-order chi connectivity index (χ1) is 10.3. The maximum Gasteiger partial charge on any atom is 0.0320 e. The number of rotatable bonds is 5. The molecule has 3 aromatic rings. The van der Waals surface area contributed by atoms with Crippen LogP contribution in [0.1, 0.15) is 38.2 Å². The number of nitrogen functional groups attached to an aromatic ring is 1. The molecule has 0 heterocycles. The molecular weight excluding hydrogens is 254 g/mol. The Morgan fingerprint density at radius 3 is 2.48 bits per heavy atom. The second kappa shape index (κ2) is 6.17. The number of fused-ring (bicyclic) bond motifs is 2. The standard InChI is InChI=1S/C20H23N/c1-2-3-4-5-10-20-18-9-7-6-8-15(18)13-16-14-17(21)11-12-19(16)20/h6-9,11-14H,2-5,10,21H2,1H3. The van der Waals surface area contributed by atoms with E-state index in [4.69, 9.17) is 5.73 Å². The van der Waals surface area contributed by atoms with Gasteiger partial charge in [-0.1, -0.05) is 56.5 Å². The van der Waals surface area contributed by atoms with Crippen molar-refractivity contribution in [3.8, 4) is 0 Å². The van der Waals surface area contributed by atoms with Gasteiger partial charge in [0.2, 0.25) is 0 Å². The average Bonchev–Trinajstić information content (AvgIpc) is 2.50. The van der Waals surface area contributed by atoms with Crippen LogP contribution in [0.3, 0.4) is 0 Å². The summed E-state index contributed by atoms with van der Waals surface area (Å²) in [5.74, 6) is 0. The second-order valence-corrected chi connectivity index (χ2v) is 5.87. The van der Waals surface area contributed by atoms with E-state index in [1.54, 1.807) is 0 Å². The van der Waals surface area contributed by atoms with Crippen molar-refractivity contribution >= 4 is 27.2 Å². The first-order valence-corrected chi connectivity index (χ1v) is 7.99. The fourth-order valence-electron chi connectivity index (χ4n) is 3.18. The molecule has 0 amide bonds. The zero-order chi connectivity index (χ0) is 14.7. The Balaban J connectivity index is 2.11. The number of aryl methyl sites for hydroxylation is 1. The molecule has 21 heavy (non-hydrogen) atoms. The van der Waals surface area contributed by atoms with Gasteiger partial charge in [0.15, 0.2) is 0 Å². The molecule has 0 bridgehead atoms. The van der Waals surface area contributed by atoms with Gasteiger partial charge in [0.1, 0.15) is 0 Å². The van der Waals surface area contributed by atoms with E-state index in [9.17, 15) is 0 Å². The quantitative estimate of drug-likeness (QED) is 0.361. The van der Waals surface area contributed by atoms with Crippen molar-refractivity contribution in [3.63, 3.8) is 0 Å². The Hall–Kier alpha value is -2.02. The van der Waals surface area contributed by atoms with Gasteiger partial charge < -0.3 is 5.73 Å². The molecule has 2 N–H and O–H groups in total. The summed E-state index contributed by atoms with van der Waals surface area (Å²) in [5.41, 5.74) is 8.29. The molecule has 1 nitrogen and oxygen atoms in total. The van der Waals surface area contributed by atoms with E-state index in [0.29, 0.717) is 0 Å². The maximum absolute atomic E-state index is 5.96. The highest BCUT2D eigenvalue weighted by atomic mass is 14.5. The summed E-state index contributed by atoms with van der Waals surface area (Å²) in [7, 11) is 0. The fraction of sp³-hybridized carbons (Fsp3) is 0.300. The third-order valence-electron chi connectivity index (χ3n) is 4.28. The molecule has 3 aromatic carbocycles. The molecule has 0 saturated heterocycles. The number of anilines is 1. The minimum absolute atomic E-state index is 0.842. The number of hydrogen-bond acceptors (Lipinski definition) is 1. The van der Waals surface area contributed by atoms with Gasteiger partial charge in [-0.25, -0.2) is 0 Å². The minimum atomic E-state index is 0.842. The van der Waals surface area contributed by atoms with Crippen LogP contribution in [0.5, 0.6) is 0 Å². The third-order valence-corrected chi connectivity index (χ3v) is 4.28. The van der Waals surface area contributed by atoms with Gasteiger partial charge >= 0.3 is 0 Å². The van der Waals surface area contributed by atoms with Crippen LogP contribution >= 0.6 is 0 Å². The Morgan fingerprint density at radius 1 is 0.810 bits per heavy atom. The lowest BCUT2D eigenvalue weighted by molar-refractivity contribution is 0.669. The van der Waals surface area contributed by atoms with Crippen LogP contribution in [-0.2, 0) is 6.42 Å². The van der Waals surface area contributed by atoms with Gasteiger partial charge in [-0.2, -0.15) is 0 Å². The van der Waals surface area contributed by atoms with Gasteiger partial charge in [-0.05, 0) is 58.1 Å². The van der Waals surface area contributed by atoms with E-state index in [1.807, 2.05) is 6.07 Å². The van der Waals surface area contributed by atoms with E-state index < -0.39 is 0 Å². The molecule has 108 valence electrons. The number of unbranched alkanes of at least 4 members (excludes halogenated alkanes) is 3. The van der Waals surface area contributed by atoms with Gasteiger partial charge in [0, 0.05) is 5.69 Å². The molecule has 0 aliphatic carbocycles. The van der Waals surface area contributed by atoms with Crippen molar-refractivity contribution in [2.45, 2.75) is 39.0 Å². The lowest BCUT2D eigenvalue weighted by Gasteiger charge is -2.12. The first-order valence-electron chi connectivity index (χ1n) is 7.99. The second-order valence-electron chi connectivity index (χ2n) is 5.87. The van der Waals surface area contributed by atoms with E-state index in [-0.39, 0.29) is 0 Å². The molecule has 0 radical (unpaired) electrons. The van der Waals surface area contributed by atoms with Gasteiger partial charge in [0.05, 0.1) is 0 Å². The minimum Gasteiger partial charge on any atom is -0.399 e. The van der Waals surface area contributed by atoms with Crippen molar-refractivity contribution in [1.29, 1.82) is 0 Å². The van der Waals surface area contributed by atoms with E-state index in [0.717, 1.165) is 12.1 Å². The van der Waals surface area contributed by atoms with Crippen LogP contribution in [-0.4, -0.2) is 0 Å². The summed E-state index contributed by atoms with van der Waals surface area (Å²) in [4.78, 5) is 0. The predicted octanol–water partition coefficient (Wildman–Crippen LogP) is 5.70. The van der Waals surface area contributed by atoms with Crippen molar-refractivity contribution in [1.82, 2.24) is 0 Å². The molecule has 0 saturated carbocycles. The van der Waals surface area contributed by atoms with Crippen LogP contribution in [0, 0.1) is 0 Å². The molecule has 0 atom stereocenters. The fourth-order valence-corrected chi connectivity index (χ4v) is 3.18. The molecule has 3 rings (SSSR count). The smallest absolute Gasteiger partial charge is 0.0320 e. The highest BCUT2D eigenvalue weighted by molar-refractivity contribution is 6.03. The number of hydrogen-bond donors (Lipinski definition) is 1. The number of nitrogens with two attached hydrogens (primary N) is 1. The van der Waals surface area contributed by atoms with E-state index >= 15 is 0 Å². The van der Waals surface area contributed by atoms with E-state index in [2.05, 4.69) is 49.4 Å². The highest BCUT2D eigenvalue weighted by Gasteiger charge is 2.07. The topological polar surface area (TPSA) is 26.0 Å². The Kier molecular flexibility index (Phi) is 4.10. The molecule has 0 aliphatic heterocycles. The van der Waals surface area contributed by atoms with Gasteiger partial charge in [0.25, 0.3) is 0 Å². The monoisotopic (exact) mass is 277 g/mol. The summed E-state index contributed by atoms with van der Waals surface area (Å²) in [5, 5.41) is 5.34. The summed E-state index contributed by atoms with van der Waals surface area (Å²) in [6.45, 7) is 2.26. The van der Waals surface area contributed by atoms with E-state index in [1.165, 1.54) is 52.8 Å². The first kappa shape index (κ1) is 13.9. The van der Waals surface area contributed by atoms with Crippen LogP contribution in [0.4, 0.5) is 5.69 Å². The van der Waals surface area contributed by atoms with Crippen molar-refractivity contribution in [2.24, 2.45) is 0 Å². The summed E-state index contributed by atoms with van der Waals surface area (Å²) in [6, 6.07) is 17.3. The molecule has 0 fully saturated rings. The van der Waals surface area contributed by atoms with Crippen molar-refractivity contribution < 1.29 is 0 Å². The predicted molar refractivity (Wildman–Crippen MR) is 93.7 cm³/mol.